The van der Waals surface area contributed by atoms with E-state index in [1.807, 2.05) is 37.4 Å². The van der Waals surface area contributed by atoms with E-state index >= 15 is 0 Å². The van der Waals surface area contributed by atoms with Crippen molar-refractivity contribution in [2.75, 3.05) is 27.2 Å². The molecule has 1 aliphatic heterocycles. The average molecular weight is 539 g/mol. The minimum absolute atomic E-state index is 0.139. The first-order valence-electron chi connectivity index (χ1n) is 11.3. The highest BCUT2D eigenvalue weighted by molar-refractivity contribution is 8.26. The van der Waals surface area contributed by atoms with Gasteiger partial charge in [-0.2, -0.15) is 0 Å². The van der Waals surface area contributed by atoms with Crippen LogP contribution in [-0.4, -0.2) is 59.3 Å². The lowest BCUT2D eigenvalue weighted by molar-refractivity contribution is -0.148. The largest absolute Gasteiger partial charge is 0.461 e. The van der Waals surface area contributed by atoms with E-state index in [2.05, 4.69) is 0 Å². The molecule has 2 heterocycles. The lowest BCUT2D eigenvalue weighted by Crippen LogP contribution is -2.29. The molecule has 0 spiro atoms. The molecule has 1 unspecified atom stereocenters. The third-order valence-electron chi connectivity index (χ3n) is 5.24. The molecule has 3 rings (SSSR count). The molecule has 1 atom stereocenters. The zero-order valence-corrected chi connectivity index (χ0v) is 22.3. The van der Waals surface area contributed by atoms with Crippen LogP contribution in [0.3, 0.4) is 0 Å². The van der Waals surface area contributed by atoms with Crippen LogP contribution >= 0.6 is 35.3 Å². The first kappa shape index (κ1) is 27.4. The highest BCUT2D eigenvalue weighted by Gasteiger charge is 2.31. The fourth-order valence-electron chi connectivity index (χ4n) is 3.63. The Hall–Kier alpha value is -2.14. The first-order valence-corrected chi connectivity index (χ1v) is 13.4. The second-order valence-electron chi connectivity index (χ2n) is 8.57. The van der Waals surface area contributed by atoms with Crippen molar-refractivity contribution in [3.05, 3.63) is 51.1 Å². The number of thioether (sulfide) groups is 1. The Balaban J connectivity index is 1.47. The average Bonchev–Trinajstić information content (AvgIpc) is 3.34. The summed E-state index contributed by atoms with van der Waals surface area (Å²) in [6.45, 7) is 3.06. The normalized spacial score (nSPS) is 15.9. The summed E-state index contributed by atoms with van der Waals surface area (Å²) in [6, 6.07) is 5.61. The Kier molecular flexibility index (Phi) is 9.97. The van der Waals surface area contributed by atoms with Crippen LogP contribution in [0.4, 0.5) is 8.78 Å². The Morgan fingerprint density at radius 1 is 1.17 bits per heavy atom. The minimum Gasteiger partial charge on any atom is -0.461 e. The molecule has 35 heavy (non-hydrogen) atoms. The summed E-state index contributed by atoms with van der Waals surface area (Å²) in [4.78, 5) is 29.7. The molecule has 0 radical (unpaired) electrons. The highest BCUT2D eigenvalue weighted by atomic mass is 32.2. The van der Waals surface area contributed by atoms with E-state index in [1.54, 1.807) is 11.0 Å². The topological polar surface area (TPSA) is 49.9 Å². The molecule has 1 aromatic carbocycles. The van der Waals surface area contributed by atoms with Crippen LogP contribution in [0.2, 0.25) is 0 Å². The van der Waals surface area contributed by atoms with Gasteiger partial charge in [-0.25, -0.2) is 8.78 Å². The summed E-state index contributed by atoms with van der Waals surface area (Å²) >= 11 is 8.06. The predicted octanol–water partition coefficient (Wildman–Crippen LogP) is 5.95. The Morgan fingerprint density at radius 2 is 1.94 bits per heavy atom. The maximum absolute atomic E-state index is 13.5. The number of esters is 1. The number of amides is 1. The van der Waals surface area contributed by atoms with Gasteiger partial charge < -0.3 is 9.64 Å². The summed E-state index contributed by atoms with van der Waals surface area (Å²) in [7, 11) is 3.86. The second-order valence-corrected chi connectivity index (χ2v) is 11.2. The summed E-state index contributed by atoms with van der Waals surface area (Å²) < 4.78 is 32.6. The molecule has 0 bridgehead atoms. The lowest BCUT2D eigenvalue weighted by atomic mass is 10.1. The number of thiocarbonyl (C=S) groups is 1. The molecule has 2 aromatic rings. The first-order chi connectivity index (χ1) is 16.6. The maximum atomic E-state index is 13.5. The third kappa shape index (κ3) is 7.93. The van der Waals surface area contributed by atoms with Gasteiger partial charge in [0, 0.05) is 24.4 Å². The molecule has 0 aliphatic carbocycles. The molecule has 1 fully saturated rings. The van der Waals surface area contributed by atoms with Gasteiger partial charge >= 0.3 is 5.97 Å². The number of unbranched alkanes of at least 4 members (excludes halogenated alkanes) is 2. The van der Waals surface area contributed by atoms with E-state index in [1.165, 1.54) is 29.2 Å². The van der Waals surface area contributed by atoms with E-state index in [-0.39, 0.29) is 18.0 Å². The van der Waals surface area contributed by atoms with Crippen molar-refractivity contribution in [3.63, 3.8) is 0 Å². The molecule has 0 saturated carbocycles. The van der Waals surface area contributed by atoms with Gasteiger partial charge in [-0.3, -0.25) is 14.5 Å². The lowest BCUT2D eigenvalue weighted by Gasteiger charge is -2.17. The number of hydrogen-bond donors (Lipinski definition) is 0. The van der Waals surface area contributed by atoms with Gasteiger partial charge in [0.05, 0.1) is 4.91 Å². The van der Waals surface area contributed by atoms with Crippen molar-refractivity contribution in [2.24, 2.45) is 0 Å². The molecule has 5 nitrogen and oxygen atoms in total. The van der Waals surface area contributed by atoms with Gasteiger partial charge in [0.15, 0.2) is 11.6 Å². The number of hydrogen-bond acceptors (Lipinski definition) is 7. The highest BCUT2D eigenvalue weighted by Crippen LogP contribution is 2.35. The monoisotopic (exact) mass is 538 g/mol. The quantitative estimate of drug-likeness (QED) is 0.153. The standard InChI is InChI=1S/C25H28F2N2O3S3/c1-16(14-28(2)3)32-23(30)7-5-4-6-10-29-24(31)22(35-25(29)33)13-19-11-18(15-34-19)17-8-9-20(26)21(27)12-17/h8-9,11-13,15-16H,4-7,10,14H2,1-3H3/b22-13-. The van der Waals surface area contributed by atoms with Crippen LogP contribution in [0.25, 0.3) is 17.2 Å². The zero-order chi connectivity index (χ0) is 25.5. The maximum Gasteiger partial charge on any atom is 0.306 e. The minimum atomic E-state index is -0.896. The summed E-state index contributed by atoms with van der Waals surface area (Å²) in [5.41, 5.74) is 1.33. The van der Waals surface area contributed by atoms with Crippen molar-refractivity contribution < 1.29 is 23.1 Å². The molecule has 1 aromatic heterocycles. The van der Waals surface area contributed by atoms with Crippen LogP contribution in [0.1, 0.15) is 37.5 Å². The summed E-state index contributed by atoms with van der Waals surface area (Å²) in [6.07, 6.45) is 4.21. The number of carbonyl (C=O) groups is 2. The van der Waals surface area contributed by atoms with Gasteiger partial charge in [-0.15, -0.1) is 11.3 Å². The molecule has 188 valence electrons. The van der Waals surface area contributed by atoms with Gasteiger partial charge in [0.2, 0.25) is 0 Å². The molecular formula is C25H28F2N2O3S3. The smallest absolute Gasteiger partial charge is 0.306 e. The summed E-state index contributed by atoms with van der Waals surface area (Å²) in [5, 5.41) is 1.84. The van der Waals surface area contributed by atoms with E-state index in [0.717, 1.165) is 35.4 Å². The Bertz CT molecular complexity index is 1120. The van der Waals surface area contributed by atoms with Crippen LogP contribution in [0.15, 0.2) is 34.6 Å². The molecule has 1 saturated heterocycles. The molecule has 1 amide bonds. The number of rotatable bonds is 11. The van der Waals surface area contributed by atoms with E-state index in [0.29, 0.717) is 40.7 Å². The Morgan fingerprint density at radius 3 is 2.66 bits per heavy atom. The van der Waals surface area contributed by atoms with Crippen LogP contribution in [0, 0.1) is 11.6 Å². The van der Waals surface area contributed by atoms with E-state index < -0.39 is 11.6 Å². The number of likely N-dealkylation sites (N-methyl/N-ethyl adjacent to an activating group) is 1. The van der Waals surface area contributed by atoms with Crippen molar-refractivity contribution >= 4 is 57.6 Å². The Labute approximate surface area is 218 Å². The van der Waals surface area contributed by atoms with Gasteiger partial charge in [0.25, 0.3) is 5.91 Å². The fourth-order valence-corrected chi connectivity index (χ4v) is 5.85. The molecule has 1 aliphatic rings. The molecule has 0 N–H and O–H groups in total. The number of nitrogens with zero attached hydrogens (tertiary/aromatic N) is 2. The van der Waals surface area contributed by atoms with Crippen molar-refractivity contribution in [1.82, 2.24) is 9.80 Å². The number of ether oxygens (including phenoxy) is 1. The predicted molar refractivity (Wildman–Crippen MR) is 142 cm³/mol. The molecule has 10 heteroatoms. The second kappa shape index (κ2) is 12.7. The van der Waals surface area contributed by atoms with E-state index in [9.17, 15) is 18.4 Å². The van der Waals surface area contributed by atoms with Crippen LogP contribution in [0.5, 0.6) is 0 Å². The van der Waals surface area contributed by atoms with Gasteiger partial charge in [-0.05, 0) is 74.6 Å². The summed E-state index contributed by atoms with van der Waals surface area (Å²) in [5.74, 6) is -2.12. The number of halogens is 2. The third-order valence-corrected chi connectivity index (χ3v) is 7.49. The van der Waals surface area contributed by atoms with Crippen LogP contribution < -0.4 is 0 Å². The number of thiophene rings is 1. The SMILES string of the molecule is CC(CN(C)C)OC(=O)CCCCCN1C(=O)/C(=C/c2cc(-c3ccc(F)c(F)c3)cs2)SC1=S. The number of carbonyl (C=O) groups excluding carboxylic acids is 2. The van der Waals surface area contributed by atoms with Gasteiger partial charge in [0.1, 0.15) is 10.4 Å². The van der Waals surface area contributed by atoms with Crippen molar-refractivity contribution in [1.29, 1.82) is 0 Å². The fraction of sp³-hybridized carbons (Fsp3) is 0.400. The van der Waals surface area contributed by atoms with E-state index in [4.69, 9.17) is 17.0 Å². The zero-order valence-electron chi connectivity index (χ0n) is 19.9. The van der Waals surface area contributed by atoms with Crippen molar-refractivity contribution in [3.8, 4) is 11.1 Å². The molecular weight excluding hydrogens is 510 g/mol. The van der Waals surface area contributed by atoms with Crippen molar-refractivity contribution in [2.45, 2.75) is 38.7 Å². The van der Waals surface area contributed by atoms with Gasteiger partial charge in [-0.1, -0.05) is 36.5 Å². The number of benzene rings is 1. The van der Waals surface area contributed by atoms with Crippen LogP contribution in [-0.2, 0) is 14.3 Å².